The summed E-state index contributed by atoms with van der Waals surface area (Å²) >= 11 is 6.01. The highest BCUT2D eigenvalue weighted by Crippen LogP contribution is 2.32. The number of halogens is 1. The van der Waals surface area contributed by atoms with E-state index in [0.717, 1.165) is 11.3 Å². The molecule has 11 heteroatoms. The fourth-order valence-electron chi connectivity index (χ4n) is 3.89. The molecule has 2 amide bonds. The maximum atomic E-state index is 13.1. The first kappa shape index (κ1) is 22.8. The van der Waals surface area contributed by atoms with Crippen molar-refractivity contribution in [1.29, 1.82) is 0 Å². The Bertz CT molecular complexity index is 1100. The van der Waals surface area contributed by atoms with Crippen molar-refractivity contribution in [2.45, 2.75) is 33.4 Å². The van der Waals surface area contributed by atoms with Crippen molar-refractivity contribution in [3.8, 4) is 0 Å². The van der Waals surface area contributed by atoms with E-state index in [0.29, 0.717) is 55.2 Å². The van der Waals surface area contributed by atoms with Crippen LogP contribution in [0.4, 0.5) is 17.5 Å². The van der Waals surface area contributed by atoms with Crippen LogP contribution in [0.15, 0.2) is 29.4 Å². The van der Waals surface area contributed by atoms with E-state index in [-0.39, 0.29) is 23.6 Å². The van der Waals surface area contributed by atoms with Crippen LogP contribution < -0.4 is 10.2 Å². The molecule has 33 heavy (non-hydrogen) atoms. The third kappa shape index (κ3) is 4.56. The van der Waals surface area contributed by atoms with Crippen molar-refractivity contribution in [3.63, 3.8) is 0 Å². The number of benzene rings is 1. The number of hydrogen-bond acceptors (Lipinski definition) is 8. The second-order valence-electron chi connectivity index (χ2n) is 8.32. The second kappa shape index (κ2) is 9.22. The lowest BCUT2D eigenvalue weighted by atomic mass is 10.2. The predicted octanol–water partition coefficient (Wildman–Crippen LogP) is 2.74. The normalized spacial score (nSPS) is 16.5. The van der Waals surface area contributed by atoms with Gasteiger partial charge in [0.1, 0.15) is 17.2 Å². The van der Waals surface area contributed by atoms with Crippen LogP contribution in [0.1, 0.15) is 36.8 Å². The van der Waals surface area contributed by atoms with Crippen LogP contribution >= 0.6 is 11.6 Å². The molecule has 0 saturated carbocycles. The smallest absolute Gasteiger partial charge is 0.273 e. The number of oxime groups is 1. The Labute approximate surface area is 196 Å². The first-order chi connectivity index (χ1) is 15.8. The molecule has 4 rings (SSSR count). The summed E-state index contributed by atoms with van der Waals surface area (Å²) in [6.07, 6.45) is 0. The maximum Gasteiger partial charge on any atom is 0.273 e. The monoisotopic (exact) mass is 471 g/mol. The number of rotatable bonds is 5. The van der Waals surface area contributed by atoms with Crippen LogP contribution in [0.3, 0.4) is 0 Å². The van der Waals surface area contributed by atoms with E-state index in [9.17, 15) is 9.59 Å². The minimum atomic E-state index is -0.306. The summed E-state index contributed by atoms with van der Waals surface area (Å²) in [5.41, 5.74) is 2.00. The number of carbonyl (C=O) groups is 2. The maximum absolute atomic E-state index is 13.1. The molecule has 3 heterocycles. The summed E-state index contributed by atoms with van der Waals surface area (Å²) in [6, 6.07) is 7.30. The van der Waals surface area contributed by atoms with Gasteiger partial charge in [-0.25, -0.2) is 4.98 Å². The van der Waals surface area contributed by atoms with Crippen molar-refractivity contribution < 1.29 is 14.8 Å². The van der Waals surface area contributed by atoms with Gasteiger partial charge in [-0.05, 0) is 45.0 Å². The highest BCUT2D eigenvalue weighted by Gasteiger charge is 2.35. The summed E-state index contributed by atoms with van der Waals surface area (Å²) in [5, 5.41) is 15.8. The van der Waals surface area contributed by atoms with Crippen LogP contribution in [-0.4, -0.2) is 74.7 Å². The Balaban J connectivity index is 1.62. The molecule has 1 saturated heterocycles. The minimum absolute atomic E-state index is 0.0320. The van der Waals surface area contributed by atoms with Crippen molar-refractivity contribution in [1.82, 2.24) is 19.8 Å². The number of aromatic nitrogens is 2. The standard InChI is InChI=1S/C22H26ClN7O3/c1-13(2)30-12-17-18(21(30)32)25-22(26-19(17)24-16-6-4-15(23)5-7-16)29-10-8-28(9-11-29)20(31)14(3)27-33/h4-7,13,33H,8-12H2,1-3H3,(H,24,25,26)/b27-14+. The molecule has 2 N–H and O–H groups in total. The van der Waals surface area contributed by atoms with E-state index in [4.69, 9.17) is 21.8 Å². The Morgan fingerprint density at radius 3 is 2.42 bits per heavy atom. The van der Waals surface area contributed by atoms with Gasteiger partial charge in [0.25, 0.3) is 11.8 Å². The van der Waals surface area contributed by atoms with Gasteiger partial charge in [0, 0.05) is 48.5 Å². The summed E-state index contributed by atoms with van der Waals surface area (Å²) in [5.74, 6) is 0.589. The van der Waals surface area contributed by atoms with Gasteiger partial charge in [0.2, 0.25) is 5.95 Å². The molecule has 10 nitrogen and oxygen atoms in total. The largest absolute Gasteiger partial charge is 0.410 e. The second-order valence-corrected chi connectivity index (χ2v) is 8.76. The summed E-state index contributed by atoms with van der Waals surface area (Å²) in [4.78, 5) is 40.0. The highest BCUT2D eigenvalue weighted by atomic mass is 35.5. The molecule has 2 aliphatic rings. The van der Waals surface area contributed by atoms with E-state index in [2.05, 4.69) is 15.5 Å². The Morgan fingerprint density at radius 2 is 1.82 bits per heavy atom. The van der Waals surface area contributed by atoms with Crippen molar-refractivity contribution >= 4 is 46.6 Å². The molecule has 0 bridgehead atoms. The third-order valence-corrected chi connectivity index (χ3v) is 6.08. The zero-order valence-corrected chi connectivity index (χ0v) is 19.5. The first-order valence-corrected chi connectivity index (χ1v) is 11.1. The van der Waals surface area contributed by atoms with E-state index < -0.39 is 0 Å². The van der Waals surface area contributed by atoms with E-state index in [1.807, 2.05) is 30.9 Å². The number of nitrogens with zero attached hydrogens (tertiary/aromatic N) is 6. The predicted molar refractivity (Wildman–Crippen MR) is 125 cm³/mol. The molecular weight excluding hydrogens is 446 g/mol. The highest BCUT2D eigenvalue weighted by molar-refractivity contribution is 6.37. The minimum Gasteiger partial charge on any atom is -0.410 e. The van der Waals surface area contributed by atoms with Crippen LogP contribution in [0.25, 0.3) is 0 Å². The molecule has 0 aliphatic carbocycles. The zero-order chi connectivity index (χ0) is 23.7. The van der Waals surface area contributed by atoms with Gasteiger partial charge in [-0.3, -0.25) is 9.59 Å². The van der Waals surface area contributed by atoms with E-state index >= 15 is 0 Å². The van der Waals surface area contributed by atoms with Gasteiger partial charge < -0.3 is 25.2 Å². The molecule has 1 fully saturated rings. The van der Waals surface area contributed by atoms with Crippen LogP contribution in [0, 0.1) is 0 Å². The van der Waals surface area contributed by atoms with Gasteiger partial charge >= 0.3 is 0 Å². The number of hydrogen-bond donors (Lipinski definition) is 2. The molecule has 0 atom stereocenters. The Kier molecular flexibility index (Phi) is 6.37. The van der Waals surface area contributed by atoms with Gasteiger partial charge in [0.05, 0.1) is 6.54 Å². The topological polar surface area (TPSA) is 114 Å². The number of nitrogens with one attached hydrogen (secondary N) is 1. The number of carbonyl (C=O) groups excluding carboxylic acids is 2. The number of fused-ring (bicyclic) bond motifs is 1. The molecule has 1 aromatic heterocycles. The molecule has 0 spiro atoms. The van der Waals surface area contributed by atoms with E-state index in [1.54, 1.807) is 21.9 Å². The number of anilines is 3. The molecule has 1 aromatic carbocycles. The average Bonchev–Trinajstić information content (AvgIpc) is 3.16. The lowest BCUT2D eigenvalue weighted by Crippen LogP contribution is -2.50. The molecule has 174 valence electrons. The van der Waals surface area contributed by atoms with Crippen LogP contribution in [0.5, 0.6) is 0 Å². The Hall–Kier alpha value is -3.40. The lowest BCUT2D eigenvalue weighted by Gasteiger charge is -2.34. The summed E-state index contributed by atoms with van der Waals surface area (Å²) < 4.78 is 0. The fraction of sp³-hybridized carbons (Fsp3) is 0.409. The van der Waals surface area contributed by atoms with Crippen molar-refractivity contribution in [2.24, 2.45) is 5.16 Å². The Morgan fingerprint density at radius 1 is 1.15 bits per heavy atom. The average molecular weight is 472 g/mol. The fourth-order valence-corrected chi connectivity index (χ4v) is 4.02. The van der Waals surface area contributed by atoms with Crippen LogP contribution in [0.2, 0.25) is 5.02 Å². The summed E-state index contributed by atoms with van der Waals surface area (Å²) in [7, 11) is 0. The molecule has 2 aromatic rings. The quantitative estimate of drug-likeness (QED) is 0.391. The van der Waals surface area contributed by atoms with Crippen LogP contribution in [-0.2, 0) is 11.3 Å². The van der Waals surface area contributed by atoms with Gasteiger partial charge in [-0.1, -0.05) is 16.8 Å². The third-order valence-electron chi connectivity index (χ3n) is 5.83. The molecule has 2 aliphatic heterocycles. The zero-order valence-electron chi connectivity index (χ0n) is 18.7. The molecule has 0 unspecified atom stereocenters. The van der Waals surface area contributed by atoms with Gasteiger partial charge in [0.15, 0.2) is 0 Å². The number of piperazine rings is 1. The molecule has 0 radical (unpaired) electrons. The van der Waals surface area contributed by atoms with Gasteiger partial charge in [-0.15, -0.1) is 0 Å². The first-order valence-electron chi connectivity index (χ1n) is 10.8. The SMILES string of the molecule is C/C(=N\O)C(=O)N1CCN(c2nc(Nc3ccc(Cl)cc3)c3c(n2)C(=O)N(C(C)C)C3)CC1. The molecular formula is C22H26ClN7O3. The summed E-state index contributed by atoms with van der Waals surface area (Å²) in [6.45, 7) is 7.69. The van der Waals surface area contributed by atoms with Gasteiger partial charge in [-0.2, -0.15) is 4.98 Å². The van der Waals surface area contributed by atoms with E-state index in [1.165, 1.54) is 6.92 Å². The lowest BCUT2D eigenvalue weighted by molar-refractivity contribution is -0.124. The van der Waals surface area contributed by atoms with Crippen molar-refractivity contribution in [3.05, 3.63) is 40.5 Å². The number of amides is 2. The van der Waals surface area contributed by atoms with Crippen molar-refractivity contribution in [2.75, 3.05) is 36.4 Å².